The summed E-state index contributed by atoms with van der Waals surface area (Å²) in [6, 6.07) is 0.667. The zero-order valence-electron chi connectivity index (χ0n) is 14.8. The van der Waals surface area contributed by atoms with Gasteiger partial charge in [-0.15, -0.1) is 0 Å². The first-order valence-corrected chi connectivity index (χ1v) is 9.33. The maximum atomic E-state index is 12.3. The smallest absolute Gasteiger partial charge is 0.237 e. The van der Waals surface area contributed by atoms with Crippen molar-refractivity contribution < 1.29 is 4.79 Å². The van der Waals surface area contributed by atoms with Crippen LogP contribution < -0.4 is 5.32 Å². The molecule has 0 saturated carbocycles. The van der Waals surface area contributed by atoms with Gasteiger partial charge >= 0.3 is 0 Å². The summed E-state index contributed by atoms with van der Waals surface area (Å²) < 4.78 is 0. The van der Waals surface area contributed by atoms with Gasteiger partial charge in [-0.05, 0) is 58.2 Å². The highest BCUT2D eigenvalue weighted by Gasteiger charge is 2.30. The topological polar surface area (TPSA) is 35.6 Å². The summed E-state index contributed by atoms with van der Waals surface area (Å²) in [5.41, 5.74) is 0. The molecule has 2 aliphatic heterocycles. The lowest BCUT2D eigenvalue weighted by atomic mass is 10.0. The molecule has 2 aliphatic rings. The molecule has 2 saturated heterocycles. The van der Waals surface area contributed by atoms with Crippen molar-refractivity contribution in [1.29, 1.82) is 0 Å². The summed E-state index contributed by atoms with van der Waals surface area (Å²) in [4.78, 5) is 17.4. The first kappa shape index (κ1) is 17.7. The Hall–Kier alpha value is -0.610. The Kier molecular flexibility index (Phi) is 7.16. The molecule has 0 unspecified atom stereocenters. The standard InChI is InChI=1S/C18H35N3O/c1-15(2)13-19-18(22)16(3)21-12-8-9-17(14-21)20-10-6-4-5-7-11-20/h15-17H,4-14H2,1-3H3,(H,19,22)/t16-,17-/m1/s1. The van der Waals surface area contributed by atoms with Crippen LogP contribution in [-0.2, 0) is 4.79 Å². The van der Waals surface area contributed by atoms with Gasteiger partial charge in [-0.25, -0.2) is 0 Å². The van der Waals surface area contributed by atoms with Gasteiger partial charge in [0, 0.05) is 19.1 Å². The predicted octanol–water partition coefficient (Wildman–Crippen LogP) is 2.49. The highest BCUT2D eigenvalue weighted by Crippen LogP contribution is 2.21. The molecule has 0 aromatic heterocycles. The number of nitrogens with one attached hydrogen (secondary N) is 1. The Morgan fingerprint density at radius 1 is 1.05 bits per heavy atom. The predicted molar refractivity (Wildman–Crippen MR) is 91.9 cm³/mol. The Balaban J connectivity index is 1.84. The van der Waals surface area contributed by atoms with Crippen LogP contribution in [0.3, 0.4) is 0 Å². The Labute approximate surface area is 136 Å². The Morgan fingerprint density at radius 3 is 2.36 bits per heavy atom. The van der Waals surface area contributed by atoms with E-state index in [9.17, 15) is 4.79 Å². The van der Waals surface area contributed by atoms with Crippen LogP contribution in [-0.4, -0.2) is 60.5 Å². The third-order valence-corrected chi connectivity index (χ3v) is 5.20. The molecular weight excluding hydrogens is 274 g/mol. The van der Waals surface area contributed by atoms with Crippen molar-refractivity contribution in [2.75, 3.05) is 32.7 Å². The molecule has 2 atom stereocenters. The van der Waals surface area contributed by atoms with Crippen molar-refractivity contribution in [3.05, 3.63) is 0 Å². The van der Waals surface area contributed by atoms with Crippen LogP contribution in [0.25, 0.3) is 0 Å². The quantitative estimate of drug-likeness (QED) is 0.847. The van der Waals surface area contributed by atoms with Gasteiger partial charge in [0.05, 0.1) is 6.04 Å². The van der Waals surface area contributed by atoms with Crippen LogP contribution in [0, 0.1) is 5.92 Å². The zero-order valence-corrected chi connectivity index (χ0v) is 14.8. The van der Waals surface area contributed by atoms with E-state index in [-0.39, 0.29) is 11.9 Å². The fraction of sp³-hybridized carbons (Fsp3) is 0.944. The van der Waals surface area contributed by atoms with E-state index in [1.807, 2.05) is 0 Å². The minimum atomic E-state index is 0.00790. The SMILES string of the molecule is CC(C)CNC(=O)[C@@H](C)N1CCC[C@@H](N2CCCCCC2)C1. The van der Waals surface area contributed by atoms with Crippen LogP contribution in [0.2, 0.25) is 0 Å². The number of carbonyl (C=O) groups is 1. The number of hydrogen-bond acceptors (Lipinski definition) is 3. The first-order chi connectivity index (χ1) is 10.6. The number of piperidine rings is 1. The molecule has 128 valence electrons. The van der Waals surface area contributed by atoms with Gasteiger partial charge in [0.15, 0.2) is 0 Å². The number of hydrogen-bond donors (Lipinski definition) is 1. The average Bonchev–Trinajstić information content (AvgIpc) is 2.81. The summed E-state index contributed by atoms with van der Waals surface area (Å²) in [5.74, 6) is 0.715. The van der Waals surface area contributed by atoms with Crippen LogP contribution in [0.4, 0.5) is 0 Å². The highest BCUT2D eigenvalue weighted by molar-refractivity contribution is 5.81. The third kappa shape index (κ3) is 5.24. The molecule has 0 aliphatic carbocycles. The third-order valence-electron chi connectivity index (χ3n) is 5.20. The second-order valence-corrected chi connectivity index (χ2v) is 7.56. The van der Waals surface area contributed by atoms with Crippen molar-refractivity contribution in [3.63, 3.8) is 0 Å². The summed E-state index contributed by atoms with van der Waals surface area (Å²) in [5, 5.41) is 3.09. The van der Waals surface area contributed by atoms with Crippen molar-refractivity contribution in [1.82, 2.24) is 15.1 Å². The lowest BCUT2D eigenvalue weighted by Crippen LogP contribution is -2.54. The van der Waals surface area contributed by atoms with E-state index in [0.717, 1.165) is 19.6 Å². The lowest BCUT2D eigenvalue weighted by Gasteiger charge is -2.41. The first-order valence-electron chi connectivity index (χ1n) is 9.33. The summed E-state index contributed by atoms with van der Waals surface area (Å²) in [6.07, 6.45) is 8.00. The molecule has 0 aromatic rings. The molecule has 1 amide bonds. The van der Waals surface area contributed by atoms with E-state index < -0.39 is 0 Å². The van der Waals surface area contributed by atoms with Gasteiger partial charge in [-0.2, -0.15) is 0 Å². The molecule has 1 N–H and O–H groups in total. The monoisotopic (exact) mass is 309 g/mol. The summed E-state index contributed by atoms with van der Waals surface area (Å²) in [7, 11) is 0. The van der Waals surface area contributed by atoms with Gasteiger partial charge in [-0.3, -0.25) is 14.6 Å². The van der Waals surface area contributed by atoms with Crippen molar-refractivity contribution >= 4 is 5.91 Å². The van der Waals surface area contributed by atoms with E-state index in [0.29, 0.717) is 12.0 Å². The molecule has 4 heteroatoms. The number of amides is 1. The van der Waals surface area contributed by atoms with Crippen LogP contribution in [0.5, 0.6) is 0 Å². The minimum absolute atomic E-state index is 0.00790. The van der Waals surface area contributed by atoms with Gasteiger partial charge in [0.1, 0.15) is 0 Å². The number of rotatable bonds is 5. The van der Waals surface area contributed by atoms with Crippen molar-refractivity contribution in [2.45, 2.75) is 71.4 Å². The molecule has 0 radical (unpaired) electrons. The van der Waals surface area contributed by atoms with E-state index >= 15 is 0 Å². The number of carbonyl (C=O) groups excluding carboxylic acids is 1. The molecule has 2 rings (SSSR count). The fourth-order valence-electron chi connectivity index (χ4n) is 3.71. The average molecular weight is 309 g/mol. The second kappa shape index (κ2) is 8.88. The van der Waals surface area contributed by atoms with Crippen LogP contribution >= 0.6 is 0 Å². The molecule has 0 bridgehead atoms. The van der Waals surface area contributed by atoms with Crippen molar-refractivity contribution in [2.24, 2.45) is 5.92 Å². The zero-order chi connectivity index (χ0) is 15.9. The number of nitrogens with zero attached hydrogens (tertiary/aromatic N) is 2. The lowest BCUT2D eigenvalue weighted by molar-refractivity contribution is -0.126. The van der Waals surface area contributed by atoms with E-state index in [1.165, 1.54) is 51.6 Å². The van der Waals surface area contributed by atoms with Gasteiger partial charge in [0.25, 0.3) is 0 Å². The Morgan fingerprint density at radius 2 is 1.73 bits per heavy atom. The van der Waals surface area contributed by atoms with E-state index in [1.54, 1.807) is 0 Å². The molecule has 0 spiro atoms. The maximum absolute atomic E-state index is 12.3. The maximum Gasteiger partial charge on any atom is 0.237 e. The van der Waals surface area contributed by atoms with E-state index in [4.69, 9.17) is 0 Å². The van der Waals surface area contributed by atoms with Gasteiger partial charge < -0.3 is 5.32 Å². The molecule has 2 heterocycles. The molecule has 22 heavy (non-hydrogen) atoms. The van der Waals surface area contributed by atoms with Crippen LogP contribution in [0.1, 0.15) is 59.3 Å². The van der Waals surface area contributed by atoms with Crippen LogP contribution in [0.15, 0.2) is 0 Å². The normalized spacial score (nSPS) is 26.6. The van der Waals surface area contributed by atoms with Crippen molar-refractivity contribution in [3.8, 4) is 0 Å². The molecule has 0 aromatic carbocycles. The molecule has 4 nitrogen and oxygen atoms in total. The largest absolute Gasteiger partial charge is 0.354 e. The fourth-order valence-corrected chi connectivity index (χ4v) is 3.71. The highest BCUT2D eigenvalue weighted by atomic mass is 16.2. The summed E-state index contributed by atoms with van der Waals surface area (Å²) >= 11 is 0. The molecule has 2 fully saturated rings. The Bertz CT molecular complexity index is 337. The number of likely N-dealkylation sites (tertiary alicyclic amines) is 2. The van der Waals surface area contributed by atoms with E-state index in [2.05, 4.69) is 35.9 Å². The summed E-state index contributed by atoms with van der Waals surface area (Å²) in [6.45, 7) is 11.8. The molecular formula is C18H35N3O. The van der Waals surface area contributed by atoms with Gasteiger partial charge in [-0.1, -0.05) is 26.7 Å². The second-order valence-electron chi connectivity index (χ2n) is 7.56. The minimum Gasteiger partial charge on any atom is -0.354 e. The van der Waals surface area contributed by atoms with Gasteiger partial charge in [0.2, 0.25) is 5.91 Å².